The third-order valence-corrected chi connectivity index (χ3v) is 6.04. The van der Waals surface area contributed by atoms with E-state index < -0.39 is 0 Å². The van der Waals surface area contributed by atoms with Crippen LogP contribution in [0.5, 0.6) is 5.75 Å². The molecule has 0 bridgehead atoms. The topological polar surface area (TPSA) is 51.6 Å². The second-order valence-electron chi connectivity index (χ2n) is 7.68. The molecule has 1 aromatic carbocycles. The highest BCUT2D eigenvalue weighted by molar-refractivity contribution is 7.71. The fourth-order valence-corrected chi connectivity index (χ4v) is 4.27. The smallest absolute Gasteiger partial charge is 0.199 e. The quantitative estimate of drug-likeness (QED) is 0.535. The van der Waals surface area contributed by atoms with Gasteiger partial charge in [-0.1, -0.05) is 17.7 Å². The summed E-state index contributed by atoms with van der Waals surface area (Å²) < 4.78 is 15.8. The van der Waals surface area contributed by atoms with Gasteiger partial charge in [0.15, 0.2) is 16.4 Å². The van der Waals surface area contributed by atoms with E-state index in [9.17, 15) is 0 Å². The molecule has 1 fully saturated rings. The molecule has 0 atom stereocenters. The van der Waals surface area contributed by atoms with Gasteiger partial charge in [-0.05, 0) is 44.3 Å². The number of furan rings is 1. The lowest BCUT2D eigenvalue weighted by Gasteiger charge is -2.34. The Labute approximate surface area is 182 Å². The predicted octanol–water partition coefficient (Wildman–Crippen LogP) is 3.79. The molecule has 0 spiro atoms. The molecular formula is C22H29N5O2S. The van der Waals surface area contributed by atoms with E-state index in [0.29, 0.717) is 6.67 Å². The van der Waals surface area contributed by atoms with Gasteiger partial charge in [0.25, 0.3) is 0 Å². The van der Waals surface area contributed by atoms with Gasteiger partial charge < -0.3 is 9.15 Å². The second-order valence-corrected chi connectivity index (χ2v) is 8.04. The van der Waals surface area contributed by atoms with E-state index in [0.717, 1.165) is 61.4 Å². The Bertz CT molecular complexity index is 1030. The van der Waals surface area contributed by atoms with Crippen molar-refractivity contribution in [1.29, 1.82) is 0 Å². The number of aromatic nitrogens is 3. The van der Waals surface area contributed by atoms with Crippen molar-refractivity contribution in [3.8, 4) is 17.3 Å². The van der Waals surface area contributed by atoms with Crippen LogP contribution in [0, 0.1) is 11.7 Å². The highest BCUT2D eigenvalue weighted by Gasteiger charge is 2.21. The summed E-state index contributed by atoms with van der Waals surface area (Å²) in [6, 6.07) is 10.2. The van der Waals surface area contributed by atoms with Gasteiger partial charge in [-0.2, -0.15) is 0 Å². The lowest BCUT2D eigenvalue weighted by atomic mass is 10.1. The molecule has 1 saturated heterocycles. The fourth-order valence-electron chi connectivity index (χ4n) is 3.96. The van der Waals surface area contributed by atoms with Crippen LogP contribution in [-0.2, 0) is 19.8 Å². The first-order valence-corrected chi connectivity index (χ1v) is 10.8. The molecule has 0 unspecified atom stereocenters. The van der Waals surface area contributed by atoms with Crippen LogP contribution in [0.3, 0.4) is 0 Å². The molecule has 3 heterocycles. The number of ether oxygens (including phenoxy) is 1. The van der Waals surface area contributed by atoms with E-state index >= 15 is 0 Å². The first-order chi connectivity index (χ1) is 14.6. The molecule has 30 heavy (non-hydrogen) atoms. The van der Waals surface area contributed by atoms with Crippen molar-refractivity contribution in [2.45, 2.75) is 33.6 Å². The standard InChI is InChI=1S/C22H29N5O2S/c1-4-26-21(20-6-5-13-29-20)23-27(22(26)30)16-25-11-9-24(10-12-25)15-18-14-17(2)7-8-19(18)28-3/h5-8,13-14H,4,9-12,15-16H2,1-3H3. The van der Waals surface area contributed by atoms with Crippen LogP contribution in [0.25, 0.3) is 11.6 Å². The third kappa shape index (κ3) is 4.35. The number of hydrogen-bond donors (Lipinski definition) is 0. The number of methoxy groups -OCH3 is 1. The first kappa shape index (κ1) is 20.8. The number of rotatable bonds is 7. The zero-order chi connectivity index (χ0) is 21.1. The summed E-state index contributed by atoms with van der Waals surface area (Å²) in [6.45, 7) is 10.5. The van der Waals surface area contributed by atoms with Gasteiger partial charge in [0.2, 0.25) is 0 Å². The molecule has 160 valence electrons. The molecule has 1 aliphatic heterocycles. The summed E-state index contributed by atoms with van der Waals surface area (Å²) in [5, 5.41) is 4.75. The zero-order valence-electron chi connectivity index (χ0n) is 17.9. The summed E-state index contributed by atoms with van der Waals surface area (Å²) in [4.78, 5) is 4.88. The van der Waals surface area contributed by atoms with Crippen LogP contribution in [0.4, 0.5) is 0 Å². The minimum Gasteiger partial charge on any atom is -0.496 e. The molecule has 0 radical (unpaired) electrons. The van der Waals surface area contributed by atoms with Crippen LogP contribution >= 0.6 is 12.2 Å². The van der Waals surface area contributed by atoms with Gasteiger partial charge >= 0.3 is 0 Å². The number of aryl methyl sites for hydroxylation is 1. The summed E-state index contributed by atoms with van der Waals surface area (Å²) in [7, 11) is 1.74. The van der Waals surface area contributed by atoms with E-state index in [1.807, 2.05) is 21.4 Å². The van der Waals surface area contributed by atoms with Crippen LogP contribution in [0.1, 0.15) is 18.1 Å². The molecular weight excluding hydrogens is 398 g/mol. The lowest BCUT2D eigenvalue weighted by Crippen LogP contribution is -2.46. The first-order valence-electron chi connectivity index (χ1n) is 10.4. The number of nitrogens with zero attached hydrogens (tertiary/aromatic N) is 5. The fraction of sp³-hybridized carbons (Fsp3) is 0.455. The SMILES string of the molecule is CCn1c(-c2ccco2)nn(CN2CCN(Cc3cc(C)ccc3OC)CC2)c1=S. The largest absolute Gasteiger partial charge is 0.496 e. The van der Waals surface area contributed by atoms with Gasteiger partial charge in [-0.15, -0.1) is 5.10 Å². The maximum absolute atomic E-state index is 5.67. The zero-order valence-corrected chi connectivity index (χ0v) is 18.7. The van der Waals surface area contributed by atoms with Gasteiger partial charge in [-0.3, -0.25) is 14.4 Å². The molecule has 3 aromatic rings. The Balaban J connectivity index is 1.40. The van der Waals surface area contributed by atoms with E-state index in [1.54, 1.807) is 13.4 Å². The maximum Gasteiger partial charge on any atom is 0.199 e. The molecule has 0 amide bonds. The minimum atomic E-state index is 0.696. The molecule has 0 aliphatic carbocycles. The van der Waals surface area contributed by atoms with Crippen LogP contribution in [0.15, 0.2) is 41.0 Å². The highest BCUT2D eigenvalue weighted by Crippen LogP contribution is 2.22. The number of piperazine rings is 1. The minimum absolute atomic E-state index is 0.696. The highest BCUT2D eigenvalue weighted by atomic mass is 32.1. The molecule has 2 aromatic heterocycles. The van der Waals surface area contributed by atoms with Gasteiger partial charge in [0.05, 0.1) is 20.0 Å². The molecule has 0 N–H and O–H groups in total. The Hall–Kier alpha value is -2.42. The average molecular weight is 428 g/mol. The van der Waals surface area contributed by atoms with E-state index in [4.69, 9.17) is 26.5 Å². The number of benzene rings is 1. The monoisotopic (exact) mass is 427 g/mol. The summed E-state index contributed by atoms with van der Waals surface area (Å²) in [6.07, 6.45) is 1.67. The molecule has 8 heteroatoms. The van der Waals surface area contributed by atoms with Crippen molar-refractivity contribution in [3.05, 3.63) is 52.5 Å². The number of hydrogen-bond acceptors (Lipinski definition) is 6. The summed E-state index contributed by atoms with van der Waals surface area (Å²) in [5.74, 6) is 2.50. The van der Waals surface area contributed by atoms with Crippen molar-refractivity contribution in [3.63, 3.8) is 0 Å². The van der Waals surface area contributed by atoms with E-state index in [2.05, 4.69) is 41.8 Å². The Morgan fingerprint density at radius 3 is 2.57 bits per heavy atom. The summed E-state index contributed by atoms with van der Waals surface area (Å²) in [5.41, 5.74) is 2.51. The molecule has 1 aliphatic rings. The van der Waals surface area contributed by atoms with Crippen LogP contribution in [0.2, 0.25) is 0 Å². The Morgan fingerprint density at radius 1 is 1.13 bits per heavy atom. The Kier molecular flexibility index (Phi) is 6.36. The predicted molar refractivity (Wildman–Crippen MR) is 119 cm³/mol. The van der Waals surface area contributed by atoms with E-state index in [1.165, 1.54) is 11.1 Å². The lowest BCUT2D eigenvalue weighted by molar-refractivity contribution is 0.0975. The van der Waals surface area contributed by atoms with Crippen molar-refractivity contribution in [2.24, 2.45) is 0 Å². The molecule has 4 rings (SSSR count). The van der Waals surface area contributed by atoms with Crippen molar-refractivity contribution in [1.82, 2.24) is 24.1 Å². The maximum atomic E-state index is 5.67. The van der Waals surface area contributed by atoms with Crippen molar-refractivity contribution in [2.75, 3.05) is 33.3 Å². The van der Waals surface area contributed by atoms with Gasteiger partial charge in [-0.25, -0.2) is 4.68 Å². The molecule has 0 saturated carbocycles. The summed E-state index contributed by atoms with van der Waals surface area (Å²) >= 11 is 5.67. The van der Waals surface area contributed by atoms with Crippen molar-refractivity contribution >= 4 is 12.2 Å². The van der Waals surface area contributed by atoms with Crippen LogP contribution < -0.4 is 4.74 Å². The van der Waals surface area contributed by atoms with Gasteiger partial charge in [0.1, 0.15) is 5.75 Å². The average Bonchev–Trinajstić information content (AvgIpc) is 3.38. The second kappa shape index (κ2) is 9.16. The third-order valence-electron chi connectivity index (χ3n) is 5.61. The van der Waals surface area contributed by atoms with Gasteiger partial charge in [0, 0.05) is 44.8 Å². The van der Waals surface area contributed by atoms with E-state index in [-0.39, 0.29) is 0 Å². The van der Waals surface area contributed by atoms with Crippen LogP contribution in [-0.4, -0.2) is 57.4 Å². The van der Waals surface area contributed by atoms with Crippen molar-refractivity contribution < 1.29 is 9.15 Å². The molecule has 7 nitrogen and oxygen atoms in total. The Morgan fingerprint density at radius 2 is 1.90 bits per heavy atom. The normalized spacial score (nSPS) is 15.6.